The first kappa shape index (κ1) is 14.3. The Balaban J connectivity index is 2.00. The fraction of sp³-hybridized carbons (Fsp3) is 0.471. The second-order valence-corrected chi connectivity index (χ2v) is 5.54. The van der Waals surface area contributed by atoms with Crippen LogP contribution in [0.1, 0.15) is 18.9 Å². The molecule has 1 aromatic heterocycles. The van der Waals surface area contributed by atoms with Gasteiger partial charge in [-0.05, 0) is 25.6 Å². The molecule has 1 aliphatic rings. The third-order valence-electron chi connectivity index (χ3n) is 4.04. The molecular weight excluding hydrogens is 262 g/mol. The van der Waals surface area contributed by atoms with Gasteiger partial charge >= 0.3 is 0 Å². The number of para-hydroxylation sites is 1. The Kier molecular flexibility index (Phi) is 4.36. The lowest BCUT2D eigenvalue weighted by molar-refractivity contribution is 0.0381. The fourth-order valence-electron chi connectivity index (χ4n) is 2.90. The van der Waals surface area contributed by atoms with Gasteiger partial charge < -0.3 is 15.0 Å². The molecule has 21 heavy (non-hydrogen) atoms. The molecule has 4 heteroatoms. The van der Waals surface area contributed by atoms with Crippen LogP contribution in [0.25, 0.3) is 10.9 Å². The molecule has 1 N–H and O–H groups in total. The third kappa shape index (κ3) is 3.01. The van der Waals surface area contributed by atoms with Crippen LogP contribution >= 0.6 is 0 Å². The van der Waals surface area contributed by atoms with Crippen molar-refractivity contribution in [2.75, 3.05) is 31.6 Å². The van der Waals surface area contributed by atoms with Crippen LogP contribution in [-0.2, 0) is 11.3 Å². The van der Waals surface area contributed by atoms with Crippen molar-refractivity contribution in [1.82, 2.24) is 10.3 Å². The molecule has 0 amide bonds. The predicted octanol–water partition coefficient (Wildman–Crippen LogP) is 2.57. The zero-order valence-electron chi connectivity index (χ0n) is 12.8. The number of morpholine rings is 1. The van der Waals surface area contributed by atoms with Crippen molar-refractivity contribution in [3.63, 3.8) is 0 Å². The highest BCUT2D eigenvalue weighted by molar-refractivity contribution is 5.81. The van der Waals surface area contributed by atoms with Crippen LogP contribution in [0.4, 0.5) is 5.82 Å². The van der Waals surface area contributed by atoms with Crippen molar-refractivity contribution in [1.29, 1.82) is 0 Å². The van der Waals surface area contributed by atoms with Crippen molar-refractivity contribution >= 4 is 16.7 Å². The van der Waals surface area contributed by atoms with Crippen LogP contribution in [0.5, 0.6) is 0 Å². The quantitative estimate of drug-likeness (QED) is 0.937. The van der Waals surface area contributed by atoms with Gasteiger partial charge in [0, 0.05) is 30.6 Å². The molecule has 2 heterocycles. The van der Waals surface area contributed by atoms with Gasteiger partial charge in [-0.2, -0.15) is 0 Å². The Hall–Kier alpha value is -1.65. The molecule has 4 nitrogen and oxygen atoms in total. The van der Waals surface area contributed by atoms with E-state index in [1.807, 2.05) is 13.1 Å². The van der Waals surface area contributed by atoms with E-state index in [9.17, 15) is 0 Å². The van der Waals surface area contributed by atoms with Gasteiger partial charge in [0.2, 0.25) is 0 Å². The Bertz CT molecular complexity index is 614. The third-order valence-corrected chi connectivity index (χ3v) is 4.04. The van der Waals surface area contributed by atoms with Crippen LogP contribution in [0.2, 0.25) is 0 Å². The highest BCUT2D eigenvalue weighted by atomic mass is 16.5. The first-order valence-corrected chi connectivity index (χ1v) is 7.71. The molecule has 1 unspecified atom stereocenters. The molecule has 0 aliphatic carbocycles. The number of fused-ring (bicyclic) bond motifs is 1. The van der Waals surface area contributed by atoms with Gasteiger partial charge in [0.05, 0.1) is 18.2 Å². The summed E-state index contributed by atoms with van der Waals surface area (Å²) in [6.07, 6.45) is 1.36. The standard InChI is InChI=1S/C17H23N3O/c1-3-15-12-20(8-9-21-15)17-14(11-18-2)10-13-6-4-5-7-16(13)19-17/h4-7,10,15,18H,3,8-9,11-12H2,1-2H3. The Morgan fingerprint density at radius 1 is 1.38 bits per heavy atom. The molecule has 1 saturated heterocycles. The van der Waals surface area contributed by atoms with E-state index in [1.54, 1.807) is 0 Å². The van der Waals surface area contributed by atoms with E-state index >= 15 is 0 Å². The largest absolute Gasteiger partial charge is 0.375 e. The lowest BCUT2D eigenvalue weighted by atomic mass is 10.1. The summed E-state index contributed by atoms with van der Waals surface area (Å²) in [7, 11) is 1.98. The first-order chi connectivity index (χ1) is 10.3. The molecule has 0 bridgehead atoms. The minimum atomic E-state index is 0.314. The molecule has 0 spiro atoms. The zero-order chi connectivity index (χ0) is 14.7. The molecule has 1 aromatic carbocycles. The summed E-state index contributed by atoms with van der Waals surface area (Å²) >= 11 is 0. The van der Waals surface area contributed by atoms with Crippen molar-refractivity contribution < 1.29 is 4.74 Å². The number of benzene rings is 1. The fourth-order valence-corrected chi connectivity index (χ4v) is 2.90. The van der Waals surface area contributed by atoms with E-state index in [2.05, 4.69) is 41.4 Å². The lowest BCUT2D eigenvalue weighted by Gasteiger charge is -2.34. The highest BCUT2D eigenvalue weighted by Gasteiger charge is 2.22. The van der Waals surface area contributed by atoms with E-state index in [0.29, 0.717) is 6.10 Å². The van der Waals surface area contributed by atoms with Crippen LogP contribution in [0.3, 0.4) is 0 Å². The van der Waals surface area contributed by atoms with Crippen LogP contribution in [0.15, 0.2) is 30.3 Å². The molecule has 1 atom stereocenters. The van der Waals surface area contributed by atoms with E-state index in [1.165, 1.54) is 10.9 Å². The SMILES string of the molecule is CCC1CN(c2nc3ccccc3cc2CNC)CCO1. The summed E-state index contributed by atoms with van der Waals surface area (Å²) in [6, 6.07) is 10.6. The van der Waals surface area contributed by atoms with E-state index in [-0.39, 0.29) is 0 Å². The molecule has 112 valence electrons. The number of pyridine rings is 1. The van der Waals surface area contributed by atoms with Gasteiger partial charge in [0.25, 0.3) is 0 Å². The second-order valence-electron chi connectivity index (χ2n) is 5.54. The minimum absolute atomic E-state index is 0.314. The Morgan fingerprint density at radius 3 is 3.05 bits per heavy atom. The summed E-state index contributed by atoms with van der Waals surface area (Å²) in [4.78, 5) is 7.29. The van der Waals surface area contributed by atoms with E-state index in [0.717, 1.165) is 44.0 Å². The topological polar surface area (TPSA) is 37.4 Å². The Morgan fingerprint density at radius 2 is 2.24 bits per heavy atom. The van der Waals surface area contributed by atoms with Crippen LogP contribution in [-0.4, -0.2) is 37.8 Å². The molecule has 1 aliphatic heterocycles. The van der Waals surface area contributed by atoms with Crippen molar-refractivity contribution in [3.8, 4) is 0 Å². The van der Waals surface area contributed by atoms with E-state index in [4.69, 9.17) is 9.72 Å². The molecular formula is C17H23N3O. The number of hydrogen-bond acceptors (Lipinski definition) is 4. The second kappa shape index (κ2) is 6.41. The molecule has 2 aromatic rings. The first-order valence-electron chi connectivity index (χ1n) is 7.71. The molecule has 0 radical (unpaired) electrons. The van der Waals surface area contributed by atoms with Gasteiger partial charge in [-0.25, -0.2) is 4.98 Å². The number of ether oxygens (including phenoxy) is 1. The molecule has 0 saturated carbocycles. The minimum Gasteiger partial charge on any atom is -0.375 e. The maximum absolute atomic E-state index is 5.78. The number of aromatic nitrogens is 1. The van der Waals surface area contributed by atoms with Crippen molar-refractivity contribution in [2.45, 2.75) is 26.0 Å². The number of nitrogens with one attached hydrogen (secondary N) is 1. The normalized spacial score (nSPS) is 19.1. The summed E-state index contributed by atoms with van der Waals surface area (Å²) < 4.78 is 5.78. The van der Waals surface area contributed by atoms with Crippen molar-refractivity contribution in [2.24, 2.45) is 0 Å². The van der Waals surface area contributed by atoms with Gasteiger partial charge in [0.1, 0.15) is 5.82 Å². The van der Waals surface area contributed by atoms with Gasteiger partial charge in [0.15, 0.2) is 0 Å². The summed E-state index contributed by atoms with van der Waals surface area (Å²) in [5.41, 5.74) is 2.32. The van der Waals surface area contributed by atoms with Crippen molar-refractivity contribution in [3.05, 3.63) is 35.9 Å². The van der Waals surface area contributed by atoms with Crippen LogP contribution < -0.4 is 10.2 Å². The van der Waals surface area contributed by atoms with Crippen LogP contribution in [0, 0.1) is 0 Å². The highest BCUT2D eigenvalue weighted by Crippen LogP contribution is 2.25. The summed E-state index contributed by atoms with van der Waals surface area (Å²) in [5, 5.41) is 4.46. The number of hydrogen-bond donors (Lipinski definition) is 1. The maximum atomic E-state index is 5.78. The predicted molar refractivity (Wildman–Crippen MR) is 86.8 cm³/mol. The van der Waals surface area contributed by atoms with Gasteiger partial charge in [-0.15, -0.1) is 0 Å². The monoisotopic (exact) mass is 285 g/mol. The summed E-state index contributed by atoms with van der Waals surface area (Å²) in [5.74, 6) is 1.10. The zero-order valence-corrected chi connectivity index (χ0v) is 12.8. The Labute approximate surface area is 126 Å². The molecule has 1 fully saturated rings. The number of nitrogens with zero attached hydrogens (tertiary/aromatic N) is 2. The lowest BCUT2D eigenvalue weighted by Crippen LogP contribution is -2.43. The van der Waals surface area contributed by atoms with E-state index < -0.39 is 0 Å². The maximum Gasteiger partial charge on any atom is 0.133 e. The average molecular weight is 285 g/mol. The molecule has 3 rings (SSSR count). The number of anilines is 1. The summed E-state index contributed by atoms with van der Waals surface area (Å²) in [6.45, 7) is 5.64. The van der Waals surface area contributed by atoms with Gasteiger partial charge in [-0.1, -0.05) is 25.1 Å². The van der Waals surface area contributed by atoms with Gasteiger partial charge in [-0.3, -0.25) is 0 Å². The number of rotatable bonds is 4. The average Bonchev–Trinajstić information content (AvgIpc) is 2.54. The smallest absolute Gasteiger partial charge is 0.133 e.